The van der Waals surface area contributed by atoms with Crippen LogP contribution in [0.15, 0.2) is 53.4 Å². The number of hydrogen-bond acceptors (Lipinski definition) is 6. The number of halogens is 1. The second-order valence-electron chi connectivity index (χ2n) is 7.57. The van der Waals surface area contributed by atoms with Gasteiger partial charge in [0.2, 0.25) is 5.91 Å². The topological polar surface area (TPSA) is 93.2 Å². The highest BCUT2D eigenvalue weighted by atomic mass is 32.2. The molecule has 0 aromatic heterocycles. The molecule has 8 nitrogen and oxygen atoms in total. The van der Waals surface area contributed by atoms with E-state index in [-0.39, 0.29) is 22.5 Å². The van der Waals surface area contributed by atoms with E-state index in [4.69, 9.17) is 9.47 Å². The van der Waals surface area contributed by atoms with Gasteiger partial charge in [0.05, 0.1) is 30.2 Å². The summed E-state index contributed by atoms with van der Waals surface area (Å²) in [4.78, 5) is 26.5. The smallest absolute Gasteiger partial charge is 0.309 e. The first-order valence-corrected chi connectivity index (χ1v) is 12.1. The van der Waals surface area contributed by atoms with Crippen LogP contribution in [0.5, 0.6) is 5.75 Å². The van der Waals surface area contributed by atoms with Crippen molar-refractivity contribution < 1.29 is 31.9 Å². The number of piperidine rings is 1. The van der Waals surface area contributed by atoms with Crippen molar-refractivity contribution in [3.05, 3.63) is 54.3 Å². The molecule has 1 heterocycles. The first-order chi connectivity index (χ1) is 15.8. The molecule has 2 aromatic rings. The first kappa shape index (κ1) is 24.5. The Kier molecular flexibility index (Phi) is 7.91. The number of carbonyl (C=O) groups is 2. The molecule has 178 valence electrons. The Morgan fingerprint density at radius 3 is 2.21 bits per heavy atom. The lowest BCUT2D eigenvalue weighted by molar-refractivity contribution is -0.151. The predicted molar refractivity (Wildman–Crippen MR) is 120 cm³/mol. The van der Waals surface area contributed by atoms with E-state index >= 15 is 0 Å². The first-order valence-electron chi connectivity index (χ1n) is 10.6. The minimum Gasteiger partial charge on any atom is -0.497 e. The van der Waals surface area contributed by atoms with Crippen LogP contribution in [0.1, 0.15) is 19.8 Å². The van der Waals surface area contributed by atoms with Gasteiger partial charge < -0.3 is 14.4 Å². The van der Waals surface area contributed by atoms with Crippen LogP contribution >= 0.6 is 0 Å². The van der Waals surface area contributed by atoms with Gasteiger partial charge in [-0.15, -0.1) is 0 Å². The van der Waals surface area contributed by atoms with Gasteiger partial charge in [-0.2, -0.15) is 0 Å². The number of rotatable bonds is 8. The molecule has 1 aliphatic rings. The van der Waals surface area contributed by atoms with Crippen molar-refractivity contribution in [2.24, 2.45) is 5.92 Å². The number of benzene rings is 2. The maximum atomic E-state index is 13.5. The summed E-state index contributed by atoms with van der Waals surface area (Å²) < 4.78 is 51.4. The fourth-order valence-electron chi connectivity index (χ4n) is 3.64. The zero-order valence-corrected chi connectivity index (χ0v) is 19.4. The number of carbonyl (C=O) groups excluding carboxylic acids is 2. The SMILES string of the molecule is CCOC(=O)C1CCN(C(=O)CN(c2ccc(F)cc2)S(=O)(=O)c2ccc(OC)cc2)CC1. The van der Waals surface area contributed by atoms with Gasteiger partial charge in [-0.3, -0.25) is 13.9 Å². The molecule has 0 saturated carbocycles. The van der Waals surface area contributed by atoms with Gasteiger partial charge in [0.15, 0.2) is 0 Å². The molecular weight excluding hydrogens is 451 g/mol. The minimum absolute atomic E-state index is 0.0264. The van der Waals surface area contributed by atoms with E-state index in [1.54, 1.807) is 6.92 Å². The van der Waals surface area contributed by atoms with Gasteiger partial charge in [-0.1, -0.05) is 0 Å². The molecule has 2 aromatic carbocycles. The van der Waals surface area contributed by atoms with Gasteiger partial charge in [0.25, 0.3) is 10.0 Å². The summed E-state index contributed by atoms with van der Waals surface area (Å²) >= 11 is 0. The lowest BCUT2D eigenvalue weighted by Crippen LogP contribution is -2.46. The van der Waals surface area contributed by atoms with E-state index in [1.807, 2.05) is 0 Å². The van der Waals surface area contributed by atoms with Crippen LogP contribution in [-0.4, -0.2) is 58.5 Å². The number of ether oxygens (including phenoxy) is 2. The molecule has 1 saturated heterocycles. The third-order valence-electron chi connectivity index (χ3n) is 5.51. The van der Waals surface area contributed by atoms with E-state index in [1.165, 1.54) is 48.4 Å². The Labute approximate surface area is 192 Å². The highest BCUT2D eigenvalue weighted by molar-refractivity contribution is 7.92. The molecule has 0 bridgehead atoms. The Balaban J connectivity index is 1.81. The Morgan fingerprint density at radius 1 is 1.06 bits per heavy atom. The third-order valence-corrected chi connectivity index (χ3v) is 7.30. The van der Waals surface area contributed by atoms with Crippen LogP contribution in [0.3, 0.4) is 0 Å². The number of amides is 1. The Hall–Kier alpha value is -3.14. The van der Waals surface area contributed by atoms with Gasteiger partial charge >= 0.3 is 5.97 Å². The highest BCUT2D eigenvalue weighted by Gasteiger charge is 2.32. The molecule has 3 rings (SSSR count). The average molecular weight is 479 g/mol. The predicted octanol–water partition coefficient (Wildman–Crippen LogP) is 2.83. The number of likely N-dealkylation sites (tertiary alicyclic amines) is 1. The van der Waals surface area contributed by atoms with Crippen molar-refractivity contribution in [2.45, 2.75) is 24.7 Å². The molecule has 1 aliphatic heterocycles. The zero-order valence-electron chi connectivity index (χ0n) is 18.6. The molecule has 1 fully saturated rings. The number of sulfonamides is 1. The molecule has 1 amide bonds. The number of nitrogens with zero attached hydrogens (tertiary/aromatic N) is 2. The Morgan fingerprint density at radius 2 is 1.67 bits per heavy atom. The van der Waals surface area contributed by atoms with E-state index in [0.717, 1.165) is 16.4 Å². The number of esters is 1. The molecule has 0 spiro atoms. The maximum absolute atomic E-state index is 13.5. The van der Waals surface area contributed by atoms with Crippen LogP contribution in [0.2, 0.25) is 0 Å². The standard InChI is InChI=1S/C23H27FN2O6S/c1-3-32-23(28)17-12-14-25(15-13-17)22(27)16-26(19-6-4-18(24)5-7-19)33(29,30)21-10-8-20(31-2)9-11-21/h4-11,17H,3,12-16H2,1-2H3. The summed E-state index contributed by atoms with van der Waals surface area (Å²) in [5.74, 6) is -0.987. The fraction of sp³-hybridized carbons (Fsp3) is 0.391. The normalized spacial score (nSPS) is 14.6. The fourth-order valence-corrected chi connectivity index (χ4v) is 5.06. The van der Waals surface area contributed by atoms with Crippen molar-refractivity contribution in [1.29, 1.82) is 0 Å². The van der Waals surface area contributed by atoms with E-state index in [2.05, 4.69) is 0 Å². The van der Waals surface area contributed by atoms with Gasteiger partial charge in [0.1, 0.15) is 18.1 Å². The number of anilines is 1. The minimum atomic E-state index is -4.12. The monoisotopic (exact) mass is 478 g/mol. The zero-order chi connectivity index (χ0) is 24.0. The lowest BCUT2D eigenvalue weighted by atomic mass is 9.97. The maximum Gasteiger partial charge on any atom is 0.309 e. The van der Waals surface area contributed by atoms with Crippen molar-refractivity contribution in [2.75, 3.05) is 37.7 Å². The molecule has 0 aliphatic carbocycles. The van der Waals surface area contributed by atoms with Gasteiger partial charge in [-0.05, 0) is 68.3 Å². The largest absolute Gasteiger partial charge is 0.497 e. The van der Waals surface area contributed by atoms with Crippen molar-refractivity contribution >= 4 is 27.6 Å². The summed E-state index contributed by atoms with van der Waals surface area (Å²) in [7, 11) is -2.65. The van der Waals surface area contributed by atoms with Gasteiger partial charge in [-0.25, -0.2) is 12.8 Å². The van der Waals surface area contributed by atoms with E-state index < -0.39 is 28.3 Å². The molecule has 0 N–H and O–H groups in total. The summed E-state index contributed by atoms with van der Waals surface area (Å²) in [6.45, 7) is 2.23. The lowest BCUT2D eigenvalue weighted by Gasteiger charge is -2.33. The second-order valence-corrected chi connectivity index (χ2v) is 9.43. The molecule has 10 heteroatoms. The van der Waals surface area contributed by atoms with E-state index in [0.29, 0.717) is 38.3 Å². The summed E-state index contributed by atoms with van der Waals surface area (Å²) in [5.41, 5.74) is 0.168. The van der Waals surface area contributed by atoms with Crippen molar-refractivity contribution in [1.82, 2.24) is 4.90 Å². The van der Waals surface area contributed by atoms with Crippen LogP contribution in [0.4, 0.5) is 10.1 Å². The summed E-state index contributed by atoms with van der Waals surface area (Å²) in [6.07, 6.45) is 0.901. The van der Waals surface area contributed by atoms with Crippen LogP contribution in [-0.2, 0) is 24.3 Å². The number of hydrogen-bond donors (Lipinski definition) is 0. The van der Waals surface area contributed by atoms with E-state index in [9.17, 15) is 22.4 Å². The molecular formula is C23H27FN2O6S. The quantitative estimate of drug-likeness (QED) is 0.542. The van der Waals surface area contributed by atoms with Crippen molar-refractivity contribution in [3.63, 3.8) is 0 Å². The molecule has 33 heavy (non-hydrogen) atoms. The molecule has 0 atom stereocenters. The van der Waals surface area contributed by atoms with Crippen molar-refractivity contribution in [3.8, 4) is 5.75 Å². The molecule has 0 radical (unpaired) electrons. The highest BCUT2D eigenvalue weighted by Crippen LogP contribution is 2.26. The second kappa shape index (κ2) is 10.7. The van der Waals surface area contributed by atoms with Crippen LogP contribution < -0.4 is 9.04 Å². The Bertz CT molecular complexity index is 1070. The summed E-state index contributed by atoms with van der Waals surface area (Å²) in [6, 6.07) is 10.7. The molecule has 0 unspecified atom stereocenters. The number of methoxy groups -OCH3 is 1. The third kappa shape index (κ3) is 5.81. The van der Waals surface area contributed by atoms with Crippen LogP contribution in [0.25, 0.3) is 0 Å². The average Bonchev–Trinajstić information content (AvgIpc) is 2.83. The van der Waals surface area contributed by atoms with Crippen LogP contribution in [0, 0.1) is 11.7 Å². The van der Waals surface area contributed by atoms with Gasteiger partial charge in [0, 0.05) is 13.1 Å². The summed E-state index contributed by atoms with van der Waals surface area (Å²) in [5, 5.41) is 0.